The predicted molar refractivity (Wildman–Crippen MR) is 76.8 cm³/mol. The van der Waals surface area contributed by atoms with Crippen molar-refractivity contribution in [1.82, 2.24) is 9.80 Å². The van der Waals surface area contributed by atoms with E-state index in [0.29, 0.717) is 12.1 Å². The monoisotopic (exact) mass is 284 g/mol. The van der Waals surface area contributed by atoms with Crippen molar-refractivity contribution in [3.05, 3.63) is 0 Å². The van der Waals surface area contributed by atoms with Crippen LogP contribution in [0.15, 0.2) is 0 Å². The number of likely N-dealkylation sites (N-methyl/N-ethyl adjacent to an activating group) is 2. The maximum Gasteiger partial charge on any atom is 0.168 e. The van der Waals surface area contributed by atoms with E-state index in [1.807, 2.05) is 0 Å². The van der Waals surface area contributed by atoms with Gasteiger partial charge in [0.1, 0.15) is 0 Å². The van der Waals surface area contributed by atoms with E-state index in [4.69, 9.17) is 14.2 Å². The van der Waals surface area contributed by atoms with Crippen LogP contribution in [0.25, 0.3) is 0 Å². The third-order valence-electron chi connectivity index (χ3n) is 4.99. The summed E-state index contributed by atoms with van der Waals surface area (Å²) in [6.45, 7) is 5.54. The van der Waals surface area contributed by atoms with Gasteiger partial charge in [0.25, 0.3) is 0 Å². The lowest BCUT2D eigenvalue weighted by Gasteiger charge is -2.41. The van der Waals surface area contributed by atoms with Crippen LogP contribution in [0, 0.1) is 0 Å². The Morgan fingerprint density at radius 1 is 1.15 bits per heavy atom. The lowest BCUT2D eigenvalue weighted by Crippen LogP contribution is -2.49. The smallest absolute Gasteiger partial charge is 0.168 e. The molecular weight excluding hydrogens is 256 g/mol. The number of rotatable bonds is 3. The molecule has 2 saturated heterocycles. The molecule has 2 aliphatic heterocycles. The Kier molecular flexibility index (Phi) is 4.62. The highest BCUT2D eigenvalue weighted by atomic mass is 16.7. The number of nitrogens with zero attached hydrogens (tertiary/aromatic N) is 2. The summed E-state index contributed by atoms with van der Waals surface area (Å²) < 4.78 is 17.5. The first-order chi connectivity index (χ1) is 9.67. The highest BCUT2D eigenvalue weighted by molar-refractivity contribution is 4.87. The maximum atomic E-state index is 5.87. The molecule has 5 heteroatoms. The summed E-state index contributed by atoms with van der Waals surface area (Å²) in [5.74, 6) is -0.237. The second-order valence-electron chi connectivity index (χ2n) is 6.53. The number of morpholine rings is 1. The molecule has 0 N–H and O–H groups in total. The van der Waals surface area contributed by atoms with Crippen molar-refractivity contribution in [2.45, 2.75) is 43.6 Å². The molecule has 0 radical (unpaired) electrons. The van der Waals surface area contributed by atoms with Gasteiger partial charge in [0.2, 0.25) is 0 Å². The molecule has 0 amide bonds. The van der Waals surface area contributed by atoms with Gasteiger partial charge in [-0.1, -0.05) is 0 Å². The average Bonchev–Trinajstić information content (AvgIpc) is 2.88. The van der Waals surface area contributed by atoms with Crippen LogP contribution in [-0.4, -0.2) is 81.3 Å². The Bertz CT molecular complexity index is 310. The topological polar surface area (TPSA) is 34.2 Å². The normalized spacial score (nSPS) is 32.2. The van der Waals surface area contributed by atoms with Gasteiger partial charge < -0.3 is 24.0 Å². The van der Waals surface area contributed by atoms with Crippen molar-refractivity contribution in [3.8, 4) is 0 Å². The number of hydrogen-bond acceptors (Lipinski definition) is 5. The maximum absolute atomic E-state index is 5.87. The zero-order chi connectivity index (χ0) is 14.0. The van der Waals surface area contributed by atoms with Crippen molar-refractivity contribution in [2.24, 2.45) is 0 Å². The lowest BCUT2D eigenvalue weighted by atomic mass is 9.89. The van der Waals surface area contributed by atoms with Gasteiger partial charge in [-0.05, 0) is 26.9 Å². The van der Waals surface area contributed by atoms with E-state index < -0.39 is 0 Å². The van der Waals surface area contributed by atoms with Crippen molar-refractivity contribution in [2.75, 3.05) is 53.6 Å². The molecule has 3 fully saturated rings. The molecule has 116 valence electrons. The zero-order valence-corrected chi connectivity index (χ0v) is 12.8. The molecule has 3 rings (SSSR count). The van der Waals surface area contributed by atoms with E-state index in [-0.39, 0.29) is 5.79 Å². The number of hydrogen-bond donors (Lipinski definition) is 0. The van der Waals surface area contributed by atoms with Crippen LogP contribution in [0.3, 0.4) is 0 Å². The summed E-state index contributed by atoms with van der Waals surface area (Å²) in [4.78, 5) is 4.84. The highest BCUT2D eigenvalue weighted by Gasteiger charge is 2.41. The SMILES string of the molecule is CN1CCOC(CN(C)C2CCC3(CC2)OCCO3)C1. The summed E-state index contributed by atoms with van der Waals surface area (Å²) in [6, 6.07) is 0.643. The van der Waals surface area contributed by atoms with E-state index in [2.05, 4.69) is 23.9 Å². The fraction of sp³-hybridized carbons (Fsp3) is 1.00. The van der Waals surface area contributed by atoms with E-state index >= 15 is 0 Å². The van der Waals surface area contributed by atoms with E-state index in [1.54, 1.807) is 0 Å². The molecular formula is C15H28N2O3. The molecule has 0 aromatic rings. The van der Waals surface area contributed by atoms with Gasteiger partial charge in [0.05, 0.1) is 25.9 Å². The molecule has 1 aliphatic carbocycles. The second-order valence-corrected chi connectivity index (χ2v) is 6.53. The van der Waals surface area contributed by atoms with Crippen LogP contribution in [0.5, 0.6) is 0 Å². The molecule has 1 saturated carbocycles. The lowest BCUT2D eigenvalue weighted by molar-refractivity contribution is -0.184. The fourth-order valence-electron chi connectivity index (χ4n) is 3.72. The van der Waals surface area contributed by atoms with E-state index in [0.717, 1.165) is 52.3 Å². The quantitative estimate of drug-likeness (QED) is 0.770. The first-order valence-electron chi connectivity index (χ1n) is 7.95. The van der Waals surface area contributed by atoms with E-state index in [1.165, 1.54) is 12.8 Å². The minimum atomic E-state index is -0.237. The summed E-state index contributed by atoms with van der Waals surface area (Å²) in [6.07, 6.45) is 4.76. The van der Waals surface area contributed by atoms with Crippen molar-refractivity contribution in [3.63, 3.8) is 0 Å². The molecule has 1 atom stereocenters. The average molecular weight is 284 g/mol. The minimum Gasteiger partial charge on any atom is -0.374 e. The van der Waals surface area contributed by atoms with Gasteiger partial charge in [-0.3, -0.25) is 0 Å². The van der Waals surface area contributed by atoms with Crippen LogP contribution in [0.1, 0.15) is 25.7 Å². The van der Waals surface area contributed by atoms with Crippen LogP contribution in [0.2, 0.25) is 0 Å². The summed E-state index contributed by atoms with van der Waals surface area (Å²) in [5, 5.41) is 0. The van der Waals surface area contributed by atoms with Crippen LogP contribution in [0.4, 0.5) is 0 Å². The standard InChI is InChI=1S/C15H28N2O3/c1-16-7-8-18-14(11-16)12-17(2)13-3-5-15(6-4-13)19-9-10-20-15/h13-14H,3-12H2,1-2H3. The Balaban J connectivity index is 1.45. The van der Waals surface area contributed by atoms with E-state index in [9.17, 15) is 0 Å². The Morgan fingerprint density at radius 2 is 1.85 bits per heavy atom. The third-order valence-corrected chi connectivity index (χ3v) is 4.99. The molecule has 5 nitrogen and oxygen atoms in total. The molecule has 3 aliphatic rings. The molecule has 1 unspecified atom stereocenters. The third kappa shape index (κ3) is 3.34. The summed E-state index contributed by atoms with van der Waals surface area (Å²) >= 11 is 0. The Morgan fingerprint density at radius 3 is 2.50 bits per heavy atom. The Labute approximate surface area is 122 Å². The van der Waals surface area contributed by atoms with Gasteiger partial charge in [0, 0.05) is 38.5 Å². The van der Waals surface area contributed by atoms with Crippen molar-refractivity contribution < 1.29 is 14.2 Å². The Hall–Kier alpha value is -0.200. The van der Waals surface area contributed by atoms with Crippen molar-refractivity contribution in [1.29, 1.82) is 0 Å². The largest absolute Gasteiger partial charge is 0.374 e. The molecule has 0 aromatic heterocycles. The summed E-state index contributed by atoms with van der Waals surface area (Å²) in [5.41, 5.74) is 0. The molecule has 1 spiro atoms. The zero-order valence-electron chi connectivity index (χ0n) is 12.8. The molecule has 0 bridgehead atoms. The van der Waals surface area contributed by atoms with Crippen molar-refractivity contribution >= 4 is 0 Å². The van der Waals surface area contributed by atoms with Gasteiger partial charge in [-0.2, -0.15) is 0 Å². The minimum absolute atomic E-state index is 0.237. The molecule has 2 heterocycles. The predicted octanol–water partition coefficient (Wildman–Crippen LogP) is 0.934. The van der Waals surface area contributed by atoms with Gasteiger partial charge in [-0.15, -0.1) is 0 Å². The second kappa shape index (κ2) is 6.28. The summed E-state index contributed by atoms with van der Waals surface area (Å²) in [7, 11) is 4.41. The van der Waals surface area contributed by atoms with Gasteiger partial charge in [-0.25, -0.2) is 0 Å². The molecule has 20 heavy (non-hydrogen) atoms. The number of ether oxygens (including phenoxy) is 3. The van der Waals surface area contributed by atoms with Crippen LogP contribution in [-0.2, 0) is 14.2 Å². The van der Waals surface area contributed by atoms with Crippen LogP contribution >= 0.6 is 0 Å². The van der Waals surface area contributed by atoms with Crippen LogP contribution < -0.4 is 0 Å². The van der Waals surface area contributed by atoms with Gasteiger partial charge in [0.15, 0.2) is 5.79 Å². The highest BCUT2D eigenvalue weighted by Crippen LogP contribution is 2.37. The van der Waals surface area contributed by atoms with Gasteiger partial charge >= 0.3 is 0 Å². The fourth-order valence-corrected chi connectivity index (χ4v) is 3.72. The molecule has 0 aromatic carbocycles. The first-order valence-corrected chi connectivity index (χ1v) is 7.95. The first kappa shape index (κ1) is 14.7.